The van der Waals surface area contributed by atoms with E-state index in [-0.39, 0.29) is 5.84 Å². The van der Waals surface area contributed by atoms with Crippen molar-refractivity contribution >= 4 is 23.3 Å². The highest BCUT2D eigenvalue weighted by atomic mass is 35.5. The van der Waals surface area contributed by atoms with Crippen molar-refractivity contribution in [2.45, 2.75) is 6.42 Å². The summed E-state index contributed by atoms with van der Waals surface area (Å²) >= 11 is 6.20. The van der Waals surface area contributed by atoms with Crippen molar-refractivity contribution < 1.29 is 0 Å². The van der Waals surface area contributed by atoms with Gasteiger partial charge in [-0.25, -0.2) is 4.98 Å². The number of amidine groups is 1. The van der Waals surface area contributed by atoms with E-state index in [4.69, 9.17) is 22.7 Å². The van der Waals surface area contributed by atoms with Crippen LogP contribution in [0.5, 0.6) is 0 Å². The smallest absolute Gasteiger partial charge is 0.147 e. The molecule has 1 aromatic rings. The lowest BCUT2D eigenvalue weighted by Gasteiger charge is -2.21. The standard InChI is InChI=1S/C12H20ClN5/c1-17(2)7-4-8-18(3)12-10(13)9(11(14)15)5-6-16-12/h5-6H,4,7-8H2,1-3H3,(H3,14,15). The Morgan fingerprint density at radius 2 is 2.06 bits per heavy atom. The maximum atomic E-state index is 7.45. The second-order valence-corrected chi connectivity index (χ2v) is 4.87. The third-order valence-electron chi connectivity index (χ3n) is 2.62. The summed E-state index contributed by atoms with van der Waals surface area (Å²) in [6, 6.07) is 1.65. The minimum Gasteiger partial charge on any atom is -0.384 e. The van der Waals surface area contributed by atoms with Crippen LogP contribution in [0, 0.1) is 5.41 Å². The second-order valence-electron chi connectivity index (χ2n) is 4.49. The largest absolute Gasteiger partial charge is 0.384 e. The molecule has 0 atom stereocenters. The van der Waals surface area contributed by atoms with Gasteiger partial charge in [0, 0.05) is 25.4 Å². The van der Waals surface area contributed by atoms with Crippen molar-refractivity contribution in [3.8, 4) is 0 Å². The Hall–Kier alpha value is -1.33. The van der Waals surface area contributed by atoms with Gasteiger partial charge in [-0.05, 0) is 33.1 Å². The number of hydrogen-bond acceptors (Lipinski definition) is 4. The molecule has 100 valence electrons. The van der Waals surface area contributed by atoms with Gasteiger partial charge in [0.2, 0.25) is 0 Å². The number of nitrogens with zero attached hydrogens (tertiary/aromatic N) is 3. The summed E-state index contributed by atoms with van der Waals surface area (Å²) in [5.41, 5.74) is 6.00. The molecular weight excluding hydrogens is 250 g/mol. The molecule has 0 saturated carbocycles. The summed E-state index contributed by atoms with van der Waals surface area (Å²) in [6.45, 7) is 1.86. The van der Waals surface area contributed by atoms with Crippen molar-refractivity contribution in [3.05, 3.63) is 22.8 Å². The van der Waals surface area contributed by atoms with Crippen LogP contribution in [0.4, 0.5) is 5.82 Å². The van der Waals surface area contributed by atoms with Crippen LogP contribution in [-0.4, -0.2) is 50.0 Å². The fraction of sp³-hybridized carbons (Fsp3) is 0.500. The first kappa shape index (κ1) is 14.7. The van der Waals surface area contributed by atoms with Crippen molar-refractivity contribution in [3.63, 3.8) is 0 Å². The average Bonchev–Trinajstić information content (AvgIpc) is 2.28. The Balaban J connectivity index is 2.76. The fourth-order valence-electron chi connectivity index (χ4n) is 1.64. The molecule has 5 nitrogen and oxygen atoms in total. The van der Waals surface area contributed by atoms with E-state index in [0.717, 1.165) is 19.5 Å². The van der Waals surface area contributed by atoms with Gasteiger partial charge in [0.15, 0.2) is 0 Å². The molecule has 6 heteroatoms. The molecule has 0 aliphatic rings. The van der Waals surface area contributed by atoms with Crippen molar-refractivity contribution in [2.75, 3.05) is 39.1 Å². The molecule has 0 spiro atoms. The van der Waals surface area contributed by atoms with E-state index in [1.807, 2.05) is 26.0 Å². The lowest BCUT2D eigenvalue weighted by atomic mass is 10.2. The van der Waals surface area contributed by atoms with E-state index in [1.165, 1.54) is 0 Å². The van der Waals surface area contributed by atoms with Gasteiger partial charge in [0.05, 0.1) is 5.02 Å². The third-order valence-corrected chi connectivity index (χ3v) is 2.99. The minimum absolute atomic E-state index is 0.0367. The highest BCUT2D eigenvalue weighted by molar-refractivity contribution is 6.36. The lowest BCUT2D eigenvalue weighted by Crippen LogP contribution is -2.25. The molecule has 1 heterocycles. The van der Waals surface area contributed by atoms with Crippen LogP contribution < -0.4 is 10.6 Å². The lowest BCUT2D eigenvalue weighted by molar-refractivity contribution is 0.401. The van der Waals surface area contributed by atoms with E-state index < -0.39 is 0 Å². The topological polar surface area (TPSA) is 69.2 Å². The van der Waals surface area contributed by atoms with Crippen molar-refractivity contribution in [2.24, 2.45) is 5.73 Å². The Morgan fingerprint density at radius 1 is 1.39 bits per heavy atom. The molecule has 3 N–H and O–H groups in total. The number of anilines is 1. The van der Waals surface area contributed by atoms with Crippen LogP contribution >= 0.6 is 11.6 Å². The molecule has 0 radical (unpaired) electrons. The molecule has 18 heavy (non-hydrogen) atoms. The summed E-state index contributed by atoms with van der Waals surface area (Å²) in [4.78, 5) is 8.37. The molecular formula is C12H20ClN5. The van der Waals surface area contributed by atoms with Gasteiger partial charge >= 0.3 is 0 Å². The van der Waals surface area contributed by atoms with Gasteiger partial charge < -0.3 is 15.5 Å². The number of hydrogen-bond donors (Lipinski definition) is 2. The predicted molar refractivity (Wildman–Crippen MR) is 76.7 cm³/mol. The number of nitrogens with one attached hydrogen (secondary N) is 1. The monoisotopic (exact) mass is 269 g/mol. The Bertz CT molecular complexity index is 419. The summed E-state index contributed by atoms with van der Waals surface area (Å²) in [5, 5.41) is 7.89. The third kappa shape index (κ3) is 3.85. The predicted octanol–water partition coefficient (Wildman–Crippen LogP) is 1.41. The summed E-state index contributed by atoms with van der Waals surface area (Å²) in [7, 11) is 6.02. The maximum absolute atomic E-state index is 7.45. The first-order valence-corrected chi connectivity index (χ1v) is 6.16. The van der Waals surface area contributed by atoms with Crippen LogP contribution in [0.3, 0.4) is 0 Å². The van der Waals surface area contributed by atoms with Gasteiger partial charge in [0.25, 0.3) is 0 Å². The van der Waals surface area contributed by atoms with Crippen LogP contribution in [0.15, 0.2) is 12.3 Å². The first-order chi connectivity index (χ1) is 8.43. The molecule has 0 fully saturated rings. The molecule has 0 aromatic carbocycles. The number of nitrogen functional groups attached to an aromatic ring is 1. The summed E-state index contributed by atoms with van der Waals surface area (Å²) < 4.78 is 0. The highest BCUT2D eigenvalue weighted by Crippen LogP contribution is 2.25. The molecule has 0 saturated heterocycles. The Kier molecular flexibility index (Phi) is 5.37. The van der Waals surface area contributed by atoms with Gasteiger partial charge in [-0.1, -0.05) is 11.6 Å². The van der Waals surface area contributed by atoms with E-state index in [2.05, 4.69) is 9.88 Å². The quantitative estimate of drug-likeness (QED) is 0.605. The molecule has 0 aliphatic heterocycles. The van der Waals surface area contributed by atoms with E-state index in [9.17, 15) is 0 Å². The highest BCUT2D eigenvalue weighted by Gasteiger charge is 2.13. The number of nitrogens with two attached hydrogens (primary N) is 1. The summed E-state index contributed by atoms with van der Waals surface area (Å²) in [5.74, 6) is 0.633. The van der Waals surface area contributed by atoms with E-state index in [1.54, 1.807) is 12.3 Å². The van der Waals surface area contributed by atoms with Gasteiger partial charge in [-0.3, -0.25) is 5.41 Å². The molecule has 0 bridgehead atoms. The van der Waals surface area contributed by atoms with Crippen LogP contribution in [0.25, 0.3) is 0 Å². The van der Waals surface area contributed by atoms with Gasteiger partial charge in [0.1, 0.15) is 11.7 Å². The minimum atomic E-state index is -0.0367. The zero-order valence-corrected chi connectivity index (χ0v) is 11.8. The second kappa shape index (κ2) is 6.56. The van der Waals surface area contributed by atoms with Crippen molar-refractivity contribution in [1.29, 1.82) is 5.41 Å². The number of aromatic nitrogens is 1. The van der Waals surface area contributed by atoms with Crippen LogP contribution in [0.1, 0.15) is 12.0 Å². The number of pyridine rings is 1. The zero-order valence-electron chi connectivity index (χ0n) is 11.1. The number of rotatable bonds is 6. The number of halogens is 1. The van der Waals surface area contributed by atoms with Gasteiger partial charge in [-0.2, -0.15) is 0 Å². The zero-order chi connectivity index (χ0) is 13.7. The summed E-state index contributed by atoms with van der Waals surface area (Å²) in [6.07, 6.45) is 2.65. The average molecular weight is 270 g/mol. The normalized spacial score (nSPS) is 10.7. The SMILES string of the molecule is CN(C)CCCN(C)c1nccc(C(=N)N)c1Cl. The van der Waals surface area contributed by atoms with Gasteiger partial charge in [-0.15, -0.1) is 0 Å². The van der Waals surface area contributed by atoms with Crippen LogP contribution in [0.2, 0.25) is 5.02 Å². The molecule has 0 amide bonds. The molecule has 0 unspecified atom stereocenters. The van der Waals surface area contributed by atoms with E-state index >= 15 is 0 Å². The Morgan fingerprint density at radius 3 is 2.61 bits per heavy atom. The van der Waals surface area contributed by atoms with Crippen molar-refractivity contribution in [1.82, 2.24) is 9.88 Å². The molecule has 1 rings (SSSR count). The Labute approximate surface area is 113 Å². The molecule has 0 aliphatic carbocycles. The molecule has 1 aromatic heterocycles. The first-order valence-electron chi connectivity index (χ1n) is 5.78. The maximum Gasteiger partial charge on any atom is 0.147 e. The fourth-order valence-corrected chi connectivity index (χ4v) is 1.99. The van der Waals surface area contributed by atoms with Crippen LogP contribution in [-0.2, 0) is 0 Å². The van der Waals surface area contributed by atoms with E-state index in [0.29, 0.717) is 16.4 Å².